The predicted octanol–water partition coefficient (Wildman–Crippen LogP) is 2.36. The van der Waals surface area contributed by atoms with Gasteiger partial charge in [-0.05, 0) is 37.5 Å². The Morgan fingerprint density at radius 1 is 1.26 bits per heavy atom. The Kier molecular flexibility index (Phi) is 5.05. The second-order valence-corrected chi connectivity index (χ2v) is 7.15. The van der Waals surface area contributed by atoms with Crippen molar-refractivity contribution < 1.29 is 19.4 Å². The summed E-state index contributed by atoms with van der Waals surface area (Å²) in [5.74, 6) is -0.383. The molecule has 142 valence electrons. The number of carbonyl (C=O) groups is 1. The van der Waals surface area contributed by atoms with Crippen LogP contribution in [-0.4, -0.2) is 57.8 Å². The van der Waals surface area contributed by atoms with Gasteiger partial charge in [0, 0.05) is 43.2 Å². The molecule has 1 spiro atoms. The Hall–Kier alpha value is -2.51. The molecule has 0 saturated carbocycles. The fourth-order valence-electron chi connectivity index (χ4n) is 3.74. The number of piperidine rings is 1. The van der Waals surface area contributed by atoms with Gasteiger partial charge in [0.25, 0.3) is 0 Å². The third-order valence-corrected chi connectivity index (χ3v) is 5.40. The van der Waals surface area contributed by atoms with Gasteiger partial charge in [-0.3, -0.25) is 14.9 Å². The van der Waals surface area contributed by atoms with Gasteiger partial charge in [0.2, 0.25) is 0 Å². The van der Waals surface area contributed by atoms with Crippen LogP contribution in [0.4, 0.5) is 0 Å². The van der Waals surface area contributed by atoms with E-state index in [4.69, 9.17) is 14.6 Å². The molecule has 2 aromatic rings. The van der Waals surface area contributed by atoms with E-state index < -0.39 is 5.97 Å². The van der Waals surface area contributed by atoms with E-state index in [-0.39, 0.29) is 12.2 Å². The molecule has 0 aliphatic carbocycles. The highest BCUT2D eigenvalue weighted by Crippen LogP contribution is 2.37. The van der Waals surface area contributed by atoms with Crippen LogP contribution in [0.2, 0.25) is 0 Å². The summed E-state index contributed by atoms with van der Waals surface area (Å²) in [6.07, 6.45) is 8.27. The third kappa shape index (κ3) is 4.09. The Morgan fingerprint density at radius 3 is 2.70 bits per heavy atom. The van der Waals surface area contributed by atoms with Gasteiger partial charge in [0.05, 0.1) is 24.1 Å². The van der Waals surface area contributed by atoms with Gasteiger partial charge in [-0.1, -0.05) is 0 Å². The fraction of sp³-hybridized carbons (Fsp3) is 0.450. The summed E-state index contributed by atoms with van der Waals surface area (Å²) >= 11 is 0. The summed E-state index contributed by atoms with van der Waals surface area (Å²) in [5.41, 5.74) is 2.80. The molecule has 7 heteroatoms. The van der Waals surface area contributed by atoms with Crippen molar-refractivity contribution in [2.24, 2.45) is 0 Å². The molecule has 3 heterocycles. The van der Waals surface area contributed by atoms with Crippen LogP contribution < -0.4 is 4.74 Å². The highest BCUT2D eigenvalue weighted by atomic mass is 16.5. The van der Waals surface area contributed by atoms with Crippen LogP contribution in [0.1, 0.15) is 24.8 Å². The summed E-state index contributed by atoms with van der Waals surface area (Å²) in [7, 11) is 0. The van der Waals surface area contributed by atoms with Gasteiger partial charge < -0.3 is 14.6 Å². The minimum Gasteiger partial charge on any atom is -0.482 e. The van der Waals surface area contributed by atoms with Crippen molar-refractivity contribution in [2.45, 2.75) is 31.4 Å². The van der Waals surface area contributed by atoms with Crippen molar-refractivity contribution in [2.75, 3.05) is 26.3 Å². The Morgan fingerprint density at radius 2 is 2.07 bits per heavy atom. The smallest absolute Gasteiger partial charge is 0.341 e. The lowest BCUT2D eigenvalue weighted by atomic mass is 9.84. The lowest BCUT2D eigenvalue weighted by Gasteiger charge is -2.47. The van der Waals surface area contributed by atoms with Gasteiger partial charge in [0.15, 0.2) is 6.61 Å². The third-order valence-electron chi connectivity index (χ3n) is 5.40. The van der Waals surface area contributed by atoms with Crippen molar-refractivity contribution in [3.05, 3.63) is 42.4 Å². The van der Waals surface area contributed by atoms with Crippen LogP contribution in [0.25, 0.3) is 11.3 Å². The van der Waals surface area contributed by atoms with Crippen molar-refractivity contribution in [1.82, 2.24) is 14.9 Å². The van der Waals surface area contributed by atoms with Gasteiger partial charge in [0.1, 0.15) is 5.75 Å². The predicted molar refractivity (Wildman–Crippen MR) is 98.4 cm³/mol. The number of carboxylic acid groups (broad SMARTS) is 1. The molecule has 2 fully saturated rings. The molecule has 27 heavy (non-hydrogen) atoms. The molecule has 4 rings (SSSR count). The summed E-state index contributed by atoms with van der Waals surface area (Å²) in [4.78, 5) is 21.8. The van der Waals surface area contributed by atoms with Crippen molar-refractivity contribution in [3.8, 4) is 17.0 Å². The van der Waals surface area contributed by atoms with E-state index in [1.807, 2.05) is 18.2 Å². The van der Waals surface area contributed by atoms with E-state index in [9.17, 15) is 4.79 Å². The second-order valence-electron chi connectivity index (χ2n) is 7.15. The fourth-order valence-corrected chi connectivity index (χ4v) is 3.74. The second kappa shape index (κ2) is 7.62. The van der Waals surface area contributed by atoms with E-state index in [0.29, 0.717) is 12.3 Å². The maximum atomic E-state index is 10.9. The van der Waals surface area contributed by atoms with Gasteiger partial charge >= 0.3 is 5.97 Å². The number of rotatable bonds is 6. The standard InChI is InChI=1S/C20H23N3O4/c24-19(25)14-26-18-2-1-15(17-12-21-6-7-22-17)11-16(18)13-23-8-3-20(4-9-23)5-10-27-20/h1-2,6-7,11-12H,3-5,8-10,13-14H2,(H,24,25). The number of benzene rings is 1. The average Bonchev–Trinajstić information content (AvgIpc) is 2.67. The first-order valence-corrected chi connectivity index (χ1v) is 9.24. The maximum absolute atomic E-state index is 10.9. The minimum absolute atomic E-state index is 0.112. The average molecular weight is 369 g/mol. The zero-order chi connectivity index (χ0) is 18.7. The summed E-state index contributed by atoms with van der Waals surface area (Å²) < 4.78 is 11.3. The number of nitrogens with zero attached hydrogens (tertiary/aromatic N) is 3. The van der Waals surface area contributed by atoms with E-state index in [1.165, 1.54) is 0 Å². The normalized spacial score (nSPS) is 18.8. The molecule has 2 aliphatic heterocycles. The molecule has 1 aromatic heterocycles. The lowest BCUT2D eigenvalue weighted by molar-refractivity contribution is -0.173. The molecular formula is C20H23N3O4. The Labute approximate surface area is 158 Å². The van der Waals surface area contributed by atoms with Crippen LogP contribution in [0.3, 0.4) is 0 Å². The SMILES string of the molecule is O=C(O)COc1ccc(-c2cnccn2)cc1CN1CCC2(CCO2)CC1. The first-order valence-electron chi connectivity index (χ1n) is 9.24. The zero-order valence-electron chi connectivity index (χ0n) is 15.1. The first kappa shape index (κ1) is 17.9. The summed E-state index contributed by atoms with van der Waals surface area (Å²) in [6.45, 7) is 3.17. The van der Waals surface area contributed by atoms with E-state index in [2.05, 4.69) is 14.9 Å². The highest BCUT2D eigenvalue weighted by molar-refractivity contribution is 5.69. The van der Waals surface area contributed by atoms with E-state index >= 15 is 0 Å². The molecule has 0 bridgehead atoms. The topological polar surface area (TPSA) is 84.8 Å². The maximum Gasteiger partial charge on any atom is 0.341 e. The minimum atomic E-state index is -0.985. The number of hydrogen-bond donors (Lipinski definition) is 1. The van der Waals surface area contributed by atoms with Gasteiger partial charge in [-0.15, -0.1) is 0 Å². The van der Waals surface area contributed by atoms with E-state index in [0.717, 1.165) is 55.8 Å². The number of likely N-dealkylation sites (tertiary alicyclic amines) is 1. The first-order chi connectivity index (χ1) is 13.1. The Balaban J connectivity index is 1.53. The number of aromatic nitrogens is 2. The quantitative estimate of drug-likeness (QED) is 0.837. The van der Waals surface area contributed by atoms with Crippen LogP contribution in [-0.2, 0) is 16.1 Å². The molecular weight excluding hydrogens is 346 g/mol. The summed E-state index contributed by atoms with van der Waals surface area (Å²) in [5, 5.41) is 8.94. The van der Waals surface area contributed by atoms with E-state index in [1.54, 1.807) is 18.6 Å². The largest absolute Gasteiger partial charge is 0.482 e. The van der Waals surface area contributed by atoms with Gasteiger partial charge in [-0.2, -0.15) is 0 Å². The van der Waals surface area contributed by atoms with Crippen LogP contribution in [0, 0.1) is 0 Å². The molecule has 1 N–H and O–H groups in total. The van der Waals surface area contributed by atoms with Crippen molar-refractivity contribution in [3.63, 3.8) is 0 Å². The number of ether oxygens (including phenoxy) is 2. The molecule has 7 nitrogen and oxygen atoms in total. The lowest BCUT2D eigenvalue weighted by Crippen LogP contribution is -2.52. The number of aliphatic carboxylic acids is 1. The molecule has 2 saturated heterocycles. The molecule has 0 amide bonds. The zero-order valence-corrected chi connectivity index (χ0v) is 15.1. The van der Waals surface area contributed by atoms with Crippen LogP contribution in [0.15, 0.2) is 36.8 Å². The van der Waals surface area contributed by atoms with Crippen molar-refractivity contribution in [1.29, 1.82) is 0 Å². The summed E-state index contributed by atoms with van der Waals surface area (Å²) in [6, 6.07) is 5.73. The molecule has 1 aromatic carbocycles. The molecule has 0 atom stereocenters. The molecule has 2 aliphatic rings. The Bertz CT molecular complexity index is 798. The number of carboxylic acids is 1. The van der Waals surface area contributed by atoms with Crippen molar-refractivity contribution >= 4 is 5.97 Å². The highest BCUT2D eigenvalue weighted by Gasteiger charge is 2.41. The monoisotopic (exact) mass is 369 g/mol. The number of hydrogen-bond acceptors (Lipinski definition) is 6. The van der Waals surface area contributed by atoms with Crippen LogP contribution in [0.5, 0.6) is 5.75 Å². The van der Waals surface area contributed by atoms with Gasteiger partial charge in [-0.25, -0.2) is 4.79 Å². The molecule has 0 unspecified atom stereocenters. The van der Waals surface area contributed by atoms with Crippen LogP contribution >= 0.6 is 0 Å². The molecule has 0 radical (unpaired) electrons.